The molecule has 6 heteroatoms. The van der Waals surface area contributed by atoms with E-state index in [9.17, 15) is 4.79 Å². The van der Waals surface area contributed by atoms with Crippen molar-refractivity contribution in [3.63, 3.8) is 0 Å². The van der Waals surface area contributed by atoms with Crippen LogP contribution in [0.5, 0.6) is 0 Å². The third-order valence-electron chi connectivity index (χ3n) is 4.59. The van der Waals surface area contributed by atoms with Gasteiger partial charge in [0.2, 0.25) is 5.91 Å². The van der Waals surface area contributed by atoms with E-state index in [-0.39, 0.29) is 5.91 Å². The van der Waals surface area contributed by atoms with E-state index >= 15 is 0 Å². The molecule has 0 aliphatic heterocycles. The Kier molecular flexibility index (Phi) is 5.17. The molecule has 1 N–H and O–H groups in total. The smallest absolute Gasteiger partial charge is 0.230 e. The van der Waals surface area contributed by atoms with Gasteiger partial charge in [-0.1, -0.05) is 43.1 Å². The van der Waals surface area contributed by atoms with Crippen LogP contribution in [0.15, 0.2) is 23.4 Å². The topological polar surface area (TPSA) is 46.9 Å². The molecule has 0 spiro atoms. The lowest BCUT2D eigenvalue weighted by Gasteiger charge is -2.29. The van der Waals surface area contributed by atoms with Crippen LogP contribution in [-0.4, -0.2) is 27.3 Å². The predicted molar refractivity (Wildman–Crippen MR) is 96.0 cm³/mol. The number of rotatable bonds is 4. The number of nitrogens with one attached hydrogen (secondary N) is 1. The standard InChI is InChI=1S/C17H22ClN3OS/c1-11-5-3-4-6-13(11)19-16(22)10-23-17-20-14-9-12(18)7-8-15(14)21(17)2/h7-9,11,13H,3-6,10H2,1-2H3,(H,19,22). The van der Waals surface area contributed by atoms with Crippen LogP contribution in [-0.2, 0) is 11.8 Å². The molecule has 1 aliphatic rings. The SMILES string of the molecule is CC1CCCCC1NC(=O)CSc1nc2cc(Cl)ccc2n1C. The van der Waals surface area contributed by atoms with E-state index in [1.54, 1.807) is 0 Å². The molecular weight excluding hydrogens is 330 g/mol. The fourth-order valence-corrected chi connectivity index (χ4v) is 4.15. The number of hydrogen-bond acceptors (Lipinski definition) is 3. The van der Waals surface area contributed by atoms with Crippen molar-refractivity contribution in [2.24, 2.45) is 13.0 Å². The van der Waals surface area contributed by atoms with Crippen LogP contribution in [0.3, 0.4) is 0 Å². The van der Waals surface area contributed by atoms with Crippen LogP contribution in [0.25, 0.3) is 11.0 Å². The summed E-state index contributed by atoms with van der Waals surface area (Å²) < 4.78 is 2.01. The zero-order valence-corrected chi connectivity index (χ0v) is 15.1. The third-order valence-corrected chi connectivity index (χ3v) is 5.86. The van der Waals surface area contributed by atoms with Gasteiger partial charge in [0.25, 0.3) is 0 Å². The normalized spacial score (nSPS) is 21.5. The highest BCUT2D eigenvalue weighted by Crippen LogP contribution is 2.26. The first-order valence-electron chi connectivity index (χ1n) is 8.08. The molecule has 0 bridgehead atoms. The van der Waals surface area contributed by atoms with Gasteiger partial charge in [-0.15, -0.1) is 0 Å². The van der Waals surface area contributed by atoms with Crippen LogP contribution in [0.4, 0.5) is 0 Å². The minimum absolute atomic E-state index is 0.0961. The molecule has 0 radical (unpaired) electrons. The van der Waals surface area contributed by atoms with Gasteiger partial charge in [0, 0.05) is 18.1 Å². The van der Waals surface area contributed by atoms with Gasteiger partial charge in [0.05, 0.1) is 16.8 Å². The highest BCUT2D eigenvalue weighted by molar-refractivity contribution is 7.99. The van der Waals surface area contributed by atoms with Crippen molar-refractivity contribution < 1.29 is 4.79 Å². The van der Waals surface area contributed by atoms with E-state index in [1.165, 1.54) is 31.0 Å². The summed E-state index contributed by atoms with van der Waals surface area (Å²) in [6, 6.07) is 6.00. The number of thioether (sulfide) groups is 1. The maximum Gasteiger partial charge on any atom is 0.230 e. The molecule has 2 aromatic rings. The average molecular weight is 352 g/mol. The molecule has 3 rings (SSSR count). The minimum atomic E-state index is 0.0961. The summed E-state index contributed by atoms with van der Waals surface area (Å²) in [6.07, 6.45) is 4.81. The highest BCUT2D eigenvalue weighted by Gasteiger charge is 2.23. The van der Waals surface area contributed by atoms with E-state index in [1.807, 2.05) is 29.8 Å². The Morgan fingerprint density at radius 3 is 3.00 bits per heavy atom. The number of carbonyl (C=O) groups excluding carboxylic acids is 1. The second-order valence-electron chi connectivity index (χ2n) is 6.31. The molecule has 1 aromatic heterocycles. The number of amides is 1. The Balaban J connectivity index is 1.61. The fourth-order valence-electron chi connectivity index (χ4n) is 3.19. The molecule has 0 saturated heterocycles. The van der Waals surface area contributed by atoms with Gasteiger partial charge in [-0.25, -0.2) is 4.98 Å². The van der Waals surface area contributed by atoms with E-state index in [2.05, 4.69) is 17.2 Å². The highest BCUT2D eigenvalue weighted by atomic mass is 35.5. The molecule has 1 saturated carbocycles. The zero-order chi connectivity index (χ0) is 16.4. The van der Waals surface area contributed by atoms with Crippen molar-refractivity contribution in [2.45, 2.75) is 43.8 Å². The quantitative estimate of drug-likeness (QED) is 0.846. The van der Waals surface area contributed by atoms with Crippen LogP contribution in [0.1, 0.15) is 32.6 Å². The van der Waals surface area contributed by atoms with Crippen LogP contribution in [0, 0.1) is 5.92 Å². The average Bonchev–Trinajstić information content (AvgIpc) is 2.83. The molecule has 4 nitrogen and oxygen atoms in total. The van der Waals surface area contributed by atoms with Gasteiger partial charge in [-0.05, 0) is 37.0 Å². The van der Waals surface area contributed by atoms with E-state index in [4.69, 9.17) is 11.6 Å². The summed E-state index contributed by atoms with van der Waals surface area (Å²) in [4.78, 5) is 16.8. The molecule has 2 atom stereocenters. The molecule has 1 aromatic carbocycles. The van der Waals surface area contributed by atoms with Gasteiger partial charge in [0.15, 0.2) is 5.16 Å². The minimum Gasteiger partial charge on any atom is -0.352 e. The molecule has 2 unspecified atom stereocenters. The summed E-state index contributed by atoms with van der Waals surface area (Å²) >= 11 is 7.48. The number of carbonyl (C=O) groups is 1. The largest absolute Gasteiger partial charge is 0.352 e. The van der Waals surface area contributed by atoms with E-state index in [0.717, 1.165) is 22.6 Å². The summed E-state index contributed by atoms with van der Waals surface area (Å²) in [6.45, 7) is 2.23. The maximum absolute atomic E-state index is 12.2. The molecule has 1 heterocycles. The van der Waals surface area contributed by atoms with Crippen molar-refractivity contribution in [1.29, 1.82) is 0 Å². The number of aromatic nitrogens is 2. The molecular formula is C17H22ClN3OS. The van der Waals surface area contributed by atoms with Crippen LogP contribution in [0.2, 0.25) is 5.02 Å². The van der Waals surface area contributed by atoms with Crippen molar-refractivity contribution in [2.75, 3.05) is 5.75 Å². The lowest BCUT2D eigenvalue weighted by atomic mass is 9.86. The third kappa shape index (κ3) is 3.83. The Hall–Kier alpha value is -1.20. The molecule has 124 valence electrons. The Morgan fingerprint density at radius 1 is 1.43 bits per heavy atom. The molecule has 1 fully saturated rings. The van der Waals surface area contributed by atoms with Gasteiger partial charge in [-0.3, -0.25) is 4.79 Å². The van der Waals surface area contributed by atoms with Gasteiger partial charge < -0.3 is 9.88 Å². The monoisotopic (exact) mass is 351 g/mol. The molecule has 1 amide bonds. The lowest BCUT2D eigenvalue weighted by Crippen LogP contribution is -2.41. The second-order valence-corrected chi connectivity index (χ2v) is 7.69. The van der Waals surface area contributed by atoms with E-state index < -0.39 is 0 Å². The number of benzene rings is 1. The Morgan fingerprint density at radius 2 is 2.22 bits per heavy atom. The lowest BCUT2D eigenvalue weighted by molar-refractivity contribution is -0.119. The first kappa shape index (κ1) is 16.7. The summed E-state index contributed by atoms with van der Waals surface area (Å²) in [5.74, 6) is 1.07. The van der Waals surface area contributed by atoms with Crippen LogP contribution >= 0.6 is 23.4 Å². The number of nitrogens with zero attached hydrogens (tertiary/aromatic N) is 2. The fraction of sp³-hybridized carbons (Fsp3) is 0.529. The zero-order valence-electron chi connectivity index (χ0n) is 13.5. The number of halogens is 1. The maximum atomic E-state index is 12.2. The van der Waals surface area contributed by atoms with Gasteiger partial charge >= 0.3 is 0 Å². The van der Waals surface area contributed by atoms with Gasteiger partial charge in [-0.2, -0.15) is 0 Å². The summed E-state index contributed by atoms with van der Waals surface area (Å²) in [5.41, 5.74) is 1.89. The first-order chi connectivity index (χ1) is 11.0. The number of aryl methyl sites for hydroxylation is 1. The predicted octanol–water partition coefficient (Wildman–Crippen LogP) is 4.01. The summed E-state index contributed by atoms with van der Waals surface area (Å²) in [7, 11) is 1.96. The Labute approximate surface area is 146 Å². The number of hydrogen-bond donors (Lipinski definition) is 1. The second kappa shape index (κ2) is 7.14. The first-order valence-corrected chi connectivity index (χ1v) is 9.45. The Bertz CT molecular complexity index is 715. The van der Waals surface area contributed by atoms with Crippen molar-refractivity contribution in [3.8, 4) is 0 Å². The van der Waals surface area contributed by atoms with Crippen molar-refractivity contribution in [3.05, 3.63) is 23.2 Å². The molecule has 23 heavy (non-hydrogen) atoms. The molecule has 1 aliphatic carbocycles. The number of imidazole rings is 1. The van der Waals surface area contributed by atoms with Crippen molar-refractivity contribution >= 4 is 40.3 Å². The van der Waals surface area contributed by atoms with Gasteiger partial charge in [0.1, 0.15) is 0 Å². The summed E-state index contributed by atoms with van der Waals surface area (Å²) in [5, 5.41) is 4.70. The van der Waals surface area contributed by atoms with E-state index in [0.29, 0.717) is 22.7 Å². The van der Waals surface area contributed by atoms with Crippen LogP contribution < -0.4 is 5.32 Å². The number of fused-ring (bicyclic) bond motifs is 1. The van der Waals surface area contributed by atoms with Crippen molar-refractivity contribution in [1.82, 2.24) is 14.9 Å².